The molecule has 2 aromatic rings. The Hall–Kier alpha value is -2.87. The molecule has 8 heteroatoms. The standard InChI is InChI=1S/C24H27N3O4S/c28-24(25-12-15-31-20-9-8-17-4-3-5-19(17)16-20)18-10-13-27(14-11-18)23-21-6-1-2-7-22(21)32(29,30)26-23/h1-2,6-9,16,18H,3-5,10-15H2,(H,25,28). The lowest BCUT2D eigenvalue weighted by atomic mass is 9.95. The zero-order valence-corrected chi connectivity index (χ0v) is 18.7. The van der Waals surface area contributed by atoms with Gasteiger partial charge in [-0.15, -0.1) is 4.40 Å². The Morgan fingerprint density at radius 1 is 1.09 bits per heavy atom. The molecule has 2 aromatic carbocycles. The number of sulfonamides is 1. The fraction of sp³-hybridized carbons (Fsp3) is 0.417. The van der Waals surface area contributed by atoms with Gasteiger partial charge in [-0.05, 0) is 67.5 Å². The molecule has 2 heterocycles. The van der Waals surface area contributed by atoms with Crippen molar-refractivity contribution < 1.29 is 17.9 Å². The number of hydrogen-bond donors (Lipinski definition) is 1. The van der Waals surface area contributed by atoms with Crippen molar-refractivity contribution in [2.24, 2.45) is 10.3 Å². The highest BCUT2D eigenvalue weighted by molar-refractivity contribution is 7.90. The van der Waals surface area contributed by atoms with Crippen molar-refractivity contribution >= 4 is 21.8 Å². The molecule has 1 saturated heterocycles. The van der Waals surface area contributed by atoms with E-state index >= 15 is 0 Å². The van der Waals surface area contributed by atoms with Gasteiger partial charge in [-0.2, -0.15) is 8.42 Å². The average Bonchev–Trinajstić information content (AvgIpc) is 3.38. The molecule has 1 aliphatic carbocycles. The lowest BCUT2D eigenvalue weighted by molar-refractivity contribution is -0.126. The van der Waals surface area contributed by atoms with Crippen molar-refractivity contribution in [1.29, 1.82) is 0 Å². The Kier molecular flexibility index (Phi) is 5.63. The second kappa shape index (κ2) is 8.58. The quantitative estimate of drug-likeness (QED) is 0.703. The summed E-state index contributed by atoms with van der Waals surface area (Å²) in [6, 6.07) is 13.2. The van der Waals surface area contributed by atoms with E-state index in [4.69, 9.17) is 4.74 Å². The summed E-state index contributed by atoms with van der Waals surface area (Å²) in [6.07, 6.45) is 4.81. The summed E-state index contributed by atoms with van der Waals surface area (Å²) in [4.78, 5) is 14.8. The smallest absolute Gasteiger partial charge is 0.285 e. The van der Waals surface area contributed by atoms with Gasteiger partial charge in [0.15, 0.2) is 5.84 Å². The molecular weight excluding hydrogens is 426 g/mol. The van der Waals surface area contributed by atoms with Crippen molar-refractivity contribution in [3.8, 4) is 5.75 Å². The highest BCUT2D eigenvalue weighted by Gasteiger charge is 2.34. The molecule has 0 aromatic heterocycles. The Morgan fingerprint density at radius 2 is 1.88 bits per heavy atom. The number of rotatable bonds is 5. The minimum absolute atomic E-state index is 0.0311. The largest absolute Gasteiger partial charge is 0.492 e. The maximum absolute atomic E-state index is 12.6. The SMILES string of the molecule is O=C(NCCOc1ccc2c(c1)CCC2)C1CCN(C2=NS(=O)(=O)c3ccccc32)CC1. The fourth-order valence-electron chi connectivity index (χ4n) is 4.80. The maximum atomic E-state index is 12.6. The van der Waals surface area contributed by atoms with E-state index < -0.39 is 10.0 Å². The van der Waals surface area contributed by atoms with E-state index in [0.29, 0.717) is 50.5 Å². The molecule has 0 spiro atoms. The first-order chi connectivity index (χ1) is 15.5. The van der Waals surface area contributed by atoms with Crippen LogP contribution in [0.1, 0.15) is 36.0 Å². The van der Waals surface area contributed by atoms with Gasteiger partial charge in [-0.1, -0.05) is 18.2 Å². The second-order valence-corrected chi connectivity index (χ2v) is 10.1. The second-order valence-electron chi connectivity index (χ2n) is 8.57. The number of carbonyl (C=O) groups is 1. The number of benzene rings is 2. The topological polar surface area (TPSA) is 88.1 Å². The van der Waals surface area contributed by atoms with E-state index in [1.165, 1.54) is 17.5 Å². The molecule has 32 heavy (non-hydrogen) atoms. The number of likely N-dealkylation sites (tertiary alicyclic amines) is 1. The van der Waals surface area contributed by atoms with Gasteiger partial charge in [0, 0.05) is 24.6 Å². The molecule has 0 bridgehead atoms. The average molecular weight is 454 g/mol. The zero-order chi connectivity index (χ0) is 22.1. The minimum atomic E-state index is -3.62. The van der Waals surface area contributed by atoms with Crippen molar-refractivity contribution in [1.82, 2.24) is 10.2 Å². The van der Waals surface area contributed by atoms with E-state index in [0.717, 1.165) is 18.6 Å². The maximum Gasteiger partial charge on any atom is 0.285 e. The Morgan fingerprint density at radius 3 is 2.72 bits per heavy atom. The van der Waals surface area contributed by atoms with E-state index in [9.17, 15) is 13.2 Å². The third kappa shape index (κ3) is 4.11. The number of piperidine rings is 1. The molecule has 3 aliphatic rings. The van der Waals surface area contributed by atoms with Gasteiger partial charge in [-0.25, -0.2) is 0 Å². The summed E-state index contributed by atoms with van der Waals surface area (Å²) < 4.78 is 34.4. The van der Waals surface area contributed by atoms with Gasteiger partial charge in [0.2, 0.25) is 5.91 Å². The predicted octanol–water partition coefficient (Wildman–Crippen LogP) is 2.53. The molecule has 2 aliphatic heterocycles. The van der Waals surface area contributed by atoms with Crippen LogP contribution in [0.15, 0.2) is 51.8 Å². The minimum Gasteiger partial charge on any atom is -0.492 e. The van der Waals surface area contributed by atoms with Crippen LogP contribution in [0, 0.1) is 5.92 Å². The molecule has 0 saturated carbocycles. The van der Waals surface area contributed by atoms with Crippen LogP contribution in [0.4, 0.5) is 0 Å². The van der Waals surface area contributed by atoms with Gasteiger partial charge < -0.3 is 15.0 Å². The first kappa shape index (κ1) is 21.0. The van der Waals surface area contributed by atoms with Crippen LogP contribution in [0.2, 0.25) is 0 Å². The summed E-state index contributed by atoms with van der Waals surface area (Å²) in [6.45, 7) is 2.11. The number of carbonyl (C=O) groups excluding carboxylic acids is 1. The Bertz CT molecular complexity index is 1170. The lowest BCUT2D eigenvalue weighted by Gasteiger charge is -2.32. The number of nitrogens with one attached hydrogen (secondary N) is 1. The highest BCUT2D eigenvalue weighted by Crippen LogP contribution is 2.30. The predicted molar refractivity (Wildman–Crippen MR) is 121 cm³/mol. The van der Waals surface area contributed by atoms with E-state index in [1.807, 2.05) is 17.0 Å². The lowest BCUT2D eigenvalue weighted by Crippen LogP contribution is -2.43. The molecule has 1 fully saturated rings. The van der Waals surface area contributed by atoms with E-state index in [1.54, 1.807) is 18.2 Å². The third-order valence-corrected chi connectivity index (χ3v) is 7.84. The molecule has 0 unspecified atom stereocenters. The van der Waals surface area contributed by atoms with Crippen LogP contribution in [0.25, 0.3) is 0 Å². The van der Waals surface area contributed by atoms with Crippen LogP contribution in [0.3, 0.4) is 0 Å². The van der Waals surface area contributed by atoms with Gasteiger partial charge in [0.05, 0.1) is 6.54 Å². The zero-order valence-electron chi connectivity index (χ0n) is 17.9. The Balaban J connectivity index is 1.09. The van der Waals surface area contributed by atoms with Crippen molar-refractivity contribution in [2.75, 3.05) is 26.2 Å². The van der Waals surface area contributed by atoms with Crippen LogP contribution in [-0.4, -0.2) is 51.3 Å². The summed E-state index contributed by atoms with van der Waals surface area (Å²) >= 11 is 0. The van der Waals surface area contributed by atoms with Crippen molar-refractivity contribution in [3.05, 3.63) is 59.2 Å². The van der Waals surface area contributed by atoms with Gasteiger partial charge in [0.1, 0.15) is 17.3 Å². The first-order valence-electron chi connectivity index (χ1n) is 11.2. The molecule has 1 N–H and O–H groups in total. The number of amidine groups is 1. The van der Waals surface area contributed by atoms with E-state index in [2.05, 4.69) is 21.8 Å². The highest BCUT2D eigenvalue weighted by atomic mass is 32.2. The molecule has 5 rings (SSSR count). The summed E-state index contributed by atoms with van der Waals surface area (Å²) in [5.74, 6) is 1.31. The number of nitrogens with zero attached hydrogens (tertiary/aromatic N) is 2. The van der Waals surface area contributed by atoms with Gasteiger partial charge in [0.25, 0.3) is 10.0 Å². The van der Waals surface area contributed by atoms with Crippen molar-refractivity contribution in [2.45, 2.75) is 37.0 Å². The molecule has 0 atom stereocenters. The van der Waals surface area contributed by atoms with Crippen molar-refractivity contribution in [3.63, 3.8) is 0 Å². The number of amides is 1. The van der Waals surface area contributed by atoms with Crippen LogP contribution in [0.5, 0.6) is 5.75 Å². The Labute approximate surface area is 188 Å². The molecule has 0 radical (unpaired) electrons. The fourth-order valence-corrected chi connectivity index (χ4v) is 6.02. The molecule has 7 nitrogen and oxygen atoms in total. The monoisotopic (exact) mass is 453 g/mol. The number of hydrogen-bond acceptors (Lipinski definition) is 5. The number of fused-ring (bicyclic) bond motifs is 2. The third-order valence-electron chi connectivity index (χ3n) is 6.52. The summed E-state index contributed by atoms with van der Waals surface area (Å²) in [5, 5.41) is 2.98. The summed E-state index contributed by atoms with van der Waals surface area (Å²) in [7, 11) is -3.62. The van der Waals surface area contributed by atoms with Crippen LogP contribution < -0.4 is 10.1 Å². The molecule has 1 amide bonds. The first-order valence-corrected chi connectivity index (χ1v) is 12.7. The molecule has 168 valence electrons. The van der Waals surface area contributed by atoms with Crippen LogP contribution >= 0.6 is 0 Å². The van der Waals surface area contributed by atoms with Gasteiger partial charge in [-0.3, -0.25) is 4.79 Å². The number of ether oxygens (including phenoxy) is 1. The number of aryl methyl sites for hydroxylation is 2. The summed E-state index contributed by atoms with van der Waals surface area (Å²) in [5.41, 5.74) is 3.45. The van der Waals surface area contributed by atoms with E-state index in [-0.39, 0.29) is 16.7 Å². The normalized spacial score (nSPS) is 19.2. The van der Waals surface area contributed by atoms with Crippen LogP contribution in [-0.2, 0) is 27.7 Å². The van der Waals surface area contributed by atoms with Gasteiger partial charge >= 0.3 is 0 Å². The molecular formula is C24H27N3O4S.